The lowest BCUT2D eigenvalue weighted by atomic mass is 9.81. The van der Waals surface area contributed by atoms with E-state index in [1.54, 1.807) is 18.2 Å². The number of ether oxygens (including phenoxy) is 1. The number of halogens is 2. The van der Waals surface area contributed by atoms with Crippen molar-refractivity contribution < 1.29 is 13.5 Å². The van der Waals surface area contributed by atoms with Crippen LogP contribution in [0, 0.1) is 17.6 Å². The van der Waals surface area contributed by atoms with Crippen LogP contribution in [0.5, 0.6) is 0 Å². The van der Waals surface area contributed by atoms with Crippen LogP contribution in [0.25, 0.3) is 0 Å². The van der Waals surface area contributed by atoms with Crippen molar-refractivity contribution in [1.82, 2.24) is 0 Å². The monoisotopic (exact) mass is 287 g/mol. The standard InChI is InChI=1S/C17H15F2NO/c18-11-3-1-2-10(8-11)16-13-6-7-21-17(13)14-9-12(19)4-5-15(14)20-16/h1-5,8-9,13,16-17,20H,6-7H2/t13-,16+,17-/m1/s1. The largest absolute Gasteiger partial charge is 0.378 e. The van der Waals surface area contributed by atoms with Gasteiger partial charge in [-0.25, -0.2) is 8.78 Å². The highest BCUT2D eigenvalue weighted by Gasteiger charge is 2.41. The Morgan fingerprint density at radius 1 is 1.05 bits per heavy atom. The van der Waals surface area contributed by atoms with Crippen LogP contribution < -0.4 is 5.32 Å². The highest BCUT2D eigenvalue weighted by atomic mass is 19.1. The molecule has 0 spiro atoms. The first kappa shape index (κ1) is 12.8. The van der Waals surface area contributed by atoms with E-state index in [9.17, 15) is 8.78 Å². The number of hydrogen-bond acceptors (Lipinski definition) is 2. The van der Waals surface area contributed by atoms with E-state index >= 15 is 0 Å². The second-order valence-corrected chi connectivity index (χ2v) is 5.65. The van der Waals surface area contributed by atoms with Gasteiger partial charge < -0.3 is 10.1 Å². The summed E-state index contributed by atoms with van der Waals surface area (Å²) in [7, 11) is 0. The second kappa shape index (κ2) is 4.81. The summed E-state index contributed by atoms with van der Waals surface area (Å²) in [6, 6.07) is 11.3. The number of benzene rings is 2. The Morgan fingerprint density at radius 3 is 2.76 bits per heavy atom. The van der Waals surface area contributed by atoms with E-state index in [-0.39, 0.29) is 29.7 Å². The van der Waals surface area contributed by atoms with Crippen LogP contribution in [-0.2, 0) is 4.74 Å². The van der Waals surface area contributed by atoms with Crippen LogP contribution in [0.15, 0.2) is 42.5 Å². The third-order valence-corrected chi connectivity index (χ3v) is 4.40. The fourth-order valence-corrected chi connectivity index (χ4v) is 3.47. The van der Waals surface area contributed by atoms with E-state index in [0.29, 0.717) is 6.61 Å². The van der Waals surface area contributed by atoms with Gasteiger partial charge in [0.05, 0.1) is 12.1 Å². The van der Waals surface area contributed by atoms with Gasteiger partial charge in [-0.1, -0.05) is 12.1 Å². The predicted octanol–water partition coefficient (Wildman–Crippen LogP) is 4.21. The molecule has 3 atom stereocenters. The van der Waals surface area contributed by atoms with Crippen molar-refractivity contribution in [3.05, 3.63) is 65.2 Å². The topological polar surface area (TPSA) is 21.3 Å². The molecule has 4 rings (SSSR count). The van der Waals surface area contributed by atoms with E-state index < -0.39 is 0 Å². The molecule has 4 heteroatoms. The zero-order valence-electron chi connectivity index (χ0n) is 11.4. The molecule has 0 aliphatic carbocycles. The summed E-state index contributed by atoms with van der Waals surface area (Å²) in [6.45, 7) is 0.652. The number of hydrogen-bond donors (Lipinski definition) is 1. The van der Waals surface area contributed by atoms with Gasteiger partial charge in [0.1, 0.15) is 11.6 Å². The Morgan fingerprint density at radius 2 is 1.90 bits per heavy atom. The van der Waals surface area contributed by atoms with Crippen molar-refractivity contribution in [3.8, 4) is 0 Å². The molecule has 2 aliphatic heterocycles. The van der Waals surface area contributed by atoms with Crippen molar-refractivity contribution >= 4 is 5.69 Å². The first-order valence-corrected chi connectivity index (χ1v) is 7.15. The van der Waals surface area contributed by atoms with E-state index in [1.165, 1.54) is 18.2 Å². The second-order valence-electron chi connectivity index (χ2n) is 5.65. The van der Waals surface area contributed by atoms with Gasteiger partial charge in [-0.05, 0) is 42.3 Å². The molecule has 0 bridgehead atoms. The first-order valence-electron chi connectivity index (χ1n) is 7.15. The molecule has 0 aromatic heterocycles. The molecule has 1 N–H and O–H groups in total. The minimum atomic E-state index is -0.256. The van der Waals surface area contributed by atoms with Gasteiger partial charge in [-0.15, -0.1) is 0 Å². The number of rotatable bonds is 1. The van der Waals surface area contributed by atoms with Crippen molar-refractivity contribution in [2.24, 2.45) is 5.92 Å². The molecule has 2 aromatic carbocycles. The molecule has 0 radical (unpaired) electrons. The summed E-state index contributed by atoms with van der Waals surface area (Å²) in [5.41, 5.74) is 2.64. The summed E-state index contributed by atoms with van der Waals surface area (Å²) >= 11 is 0. The molecule has 2 nitrogen and oxygen atoms in total. The van der Waals surface area contributed by atoms with Crippen molar-refractivity contribution in [3.63, 3.8) is 0 Å². The third kappa shape index (κ3) is 2.10. The van der Waals surface area contributed by atoms with Gasteiger partial charge in [-0.2, -0.15) is 0 Å². The van der Waals surface area contributed by atoms with Gasteiger partial charge in [0.25, 0.3) is 0 Å². The molecule has 2 heterocycles. The van der Waals surface area contributed by atoms with E-state index in [0.717, 1.165) is 23.2 Å². The number of anilines is 1. The van der Waals surface area contributed by atoms with Crippen LogP contribution in [0.4, 0.5) is 14.5 Å². The van der Waals surface area contributed by atoms with Gasteiger partial charge >= 0.3 is 0 Å². The SMILES string of the molecule is Fc1cccc([C@@H]2Nc3ccc(F)cc3[C@@H]3OCC[C@H]23)c1. The molecule has 1 fully saturated rings. The summed E-state index contributed by atoms with van der Waals surface area (Å²) in [5.74, 6) is -0.301. The zero-order valence-corrected chi connectivity index (χ0v) is 11.4. The third-order valence-electron chi connectivity index (χ3n) is 4.40. The number of nitrogens with one attached hydrogen (secondary N) is 1. The predicted molar refractivity (Wildman–Crippen MR) is 76.0 cm³/mol. The maximum absolute atomic E-state index is 13.5. The Labute approximate surface area is 121 Å². The Kier molecular flexibility index (Phi) is 2.93. The van der Waals surface area contributed by atoms with E-state index in [1.807, 2.05) is 6.07 Å². The normalized spacial score (nSPS) is 26.9. The summed E-state index contributed by atoms with van der Waals surface area (Å²) in [4.78, 5) is 0. The lowest BCUT2D eigenvalue weighted by molar-refractivity contribution is 0.0826. The molecule has 2 aliphatic rings. The molecule has 1 saturated heterocycles. The maximum Gasteiger partial charge on any atom is 0.123 e. The van der Waals surface area contributed by atoms with Crippen LogP contribution in [-0.4, -0.2) is 6.61 Å². The minimum Gasteiger partial charge on any atom is -0.378 e. The molecular formula is C17H15F2NO. The van der Waals surface area contributed by atoms with Crippen LogP contribution in [0.3, 0.4) is 0 Å². The molecule has 0 amide bonds. The summed E-state index contributed by atoms with van der Waals surface area (Å²) in [6.07, 6.45) is 0.764. The molecular weight excluding hydrogens is 272 g/mol. The van der Waals surface area contributed by atoms with Crippen molar-refractivity contribution in [2.45, 2.75) is 18.6 Å². The maximum atomic E-state index is 13.5. The number of fused-ring (bicyclic) bond motifs is 3. The highest BCUT2D eigenvalue weighted by molar-refractivity contribution is 5.57. The van der Waals surface area contributed by atoms with Crippen LogP contribution in [0.1, 0.15) is 29.7 Å². The minimum absolute atomic E-state index is 0.00818. The fourth-order valence-electron chi connectivity index (χ4n) is 3.47. The molecule has 0 unspecified atom stereocenters. The van der Waals surface area contributed by atoms with Crippen LogP contribution >= 0.6 is 0 Å². The Bertz CT molecular complexity index is 688. The van der Waals surface area contributed by atoms with Crippen molar-refractivity contribution in [1.29, 1.82) is 0 Å². The molecule has 0 saturated carbocycles. The van der Waals surface area contributed by atoms with Gasteiger partial charge in [0.2, 0.25) is 0 Å². The summed E-state index contributed by atoms with van der Waals surface area (Å²) < 4.78 is 32.8. The molecule has 2 aromatic rings. The Balaban J connectivity index is 1.79. The first-order chi connectivity index (χ1) is 10.2. The van der Waals surface area contributed by atoms with Crippen LogP contribution in [0.2, 0.25) is 0 Å². The highest BCUT2D eigenvalue weighted by Crippen LogP contribution is 2.49. The lowest BCUT2D eigenvalue weighted by Gasteiger charge is -2.36. The van der Waals surface area contributed by atoms with Crippen molar-refractivity contribution in [2.75, 3.05) is 11.9 Å². The average molecular weight is 287 g/mol. The van der Waals surface area contributed by atoms with Gasteiger partial charge in [-0.3, -0.25) is 0 Å². The van der Waals surface area contributed by atoms with Gasteiger partial charge in [0, 0.05) is 23.8 Å². The van der Waals surface area contributed by atoms with Gasteiger partial charge in [0.15, 0.2) is 0 Å². The fraction of sp³-hybridized carbons (Fsp3) is 0.294. The molecule has 108 valence electrons. The van der Waals surface area contributed by atoms with E-state index in [2.05, 4.69) is 5.32 Å². The average Bonchev–Trinajstić information content (AvgIpc) is 2.96. The molecule has 21 heavy (non-hydrogen) atoms. The zero-order chi connectivity index (χ0) is 14.4. The summed E-state index contributed by atoms with van der Waals surface area (Å²) in [5, 5.41) is 3.43. The van der Waals surface area contributed by atoms with E-state index in [4.69, 9.17) is 4.74 Å². The smallest absolute Gasteiger partial charge is 0.123 e. The Hall–Kier alpha value is -1.94. The lowest BCUT2D eigenvalue weighted by Crippen LogP contribution is -2.29. The quantitative estimate of drug-likeness (QED) is 0.848.